The molecule has 0 N–H and O–H groups in total. The normalized spacial score (nSPS) is 27.3. The topological polar surface area (TPSA) is 34.1 Å². The van der Waals surface area contributed by atoms with Crippen LogP contribution in [0.4, 0.5) is 0 Å². The third-order valence-corrected chi connectivity index (χ3v) is 4.02. The lowest BCUT2D eigenvalue weighted by Crippen LogP contribution is -2.24. The number of carbonyl (C=O) groups is 2. The van der Waals surface area contributed by atoms with Crippen LogP contribution in [0.1, 0.15) is 39.0 Å². The molecule has 0 unspecified atom stereocenters. The lowest BCUT2D eigenvalue weighted by Gasteiger charge is -2.26. The highest BCUT2D eigenvalue weighted by atomic mass is 32.2. The van der Waals surface area contributed by atoms with Gasteiger partial charge in [-0.2, -0.15) is 11.8 Å². The largest absolute Gasteiger partial charge is 0.300 e. The third kappa shape index (κ3) is 3.45. The van der Waals surface area contributed by atoms with Crippen molar-refractivity contribution in [2.75, 3.05) is 6.26 Å². The van der Waals surface area contributed by atoms with E-state index in [0.29, 0.717) is 0 Å². The second kappa shape index (κ2) is 5.54. The van der Waals surface area contributed by atoms with E-state index in [1.54, 1.807) is 0 Å². The number of carbonyl (C=O) groups excluding carboxylic acids is 2. The average molecular weight is 214 g/mol. The van der Waals surface area contributed by atoms with Crippen LogP contribution in [0.5, 0.6) is 0 Å². The summed E-state index contributed by atoms with van der Waals surface area (Å²) in [5.74, 6) is 0.335. The van der Waals surface area contributed by atoms with Gasteiger partial charge in [-0.25, -0.2) is 0 Å². The molecule has 0 heterocycles. The van der Waals surface area contributed by atoms with Gasteiger partial charge in [-0.05, 0) is 38.9 Å². The first-order chi connectivity index (χ1) is 6.63. The third-order valence-electron chi connectivity index (χ3n) is 2.89. The summed E-state index contributed by atoms with van der Waals surface area (Å²) in [4.78, 5) is 22.4. The zero-order chi connectivity index (χ0) is 10.6. The Morgan fingerprint density at radius 2 is 1.79 bits per heavy atom. The minimum absolute atomic E-state index is 0.00184. The van der Waals surface area contributed by atoms with E-state index in [0.717, 1.165) is 30.9 Å². The lowest BCUT2D eigenvalue weighted by molar-refractivity contribution is -0.129. The maximum absolute atomic E-state index is 11.6. The van der Waals surface area contributed by atoms with Gasteiger partial charge in [-0.1, -0.05) is 0 Å². The van der Waals surface area contributed by atoms with Crippen LogP contribution in [-0.2, 0) is 9.59 Å². The Labute approximate surface area is 89.8 Å². The van der Waals surface area contributed by atoms with Gasteiger partial charge in [0.15, 0.2) is 0 Å². The maximum atomic E-state index is 11.6. The second-order valence-electron chi connectivity index (χ2n) is 4.05. The first-order valence-electron chi connectivity index (χ1n) is 5.18. The molecule has 3 heteroatoms. The fourth-order valence-corrected chi connectivity index (χ4v) is 2.75. The van der Waals surface area contributed by atoms with Crippen LogP contribution in [-0.4, -0.2) is 23.1 Å². The molecule has 1 rings (SSSR count). The summed E-state index contributed by atoms with van der Waals surface area (Å²) in [7, 11) is 0. The Morgan fingerprint density at radius 3 is 2.21 bits per heavy atom. The first kappa shape index (κ1) is 11.8. The second-order valence-corrected chi connectivity index (χ2v) is 5.19. The smallest absolute Gasteiger partial charge is 0.143 e. The molecule has 1 fully saturated rings. The minimum atomic E-state index is 0.00184. The summed E-state index contributed by atoms with van der Waals surface area (Å²) in [5, 5.41) is 0.733. The SMILES string of the molecule is CSC1CCC(C(=O)CC(C)=O)CC1. The van der Waals surface area contributed by atoms with Gasteiger partial charge in [0, 0.05) is 11.2 Å². The predicted octanol–water partition coefficient (Wildman–Crippen LogP) is 2.46. The molecule has 80 valence electrons. The van der Waals surface area contributed by atoms with Gasteiger partial charge >= 0.3 is 0 Å². The average Bonchev–Trinajstić information content (AvgIpc) is 2.17. The van der Waals surface area contributed by atoms with Crippen LogP contribution < -0.4 is 0 Å². The van der Waals surface area contributed by atoms with E-state index in [9.17, 15) is 9.59 Å². The van der Waals surface area contributed by atoms with E-state index in [1.807, 2.05) is 11.8 Å². The molecule has 0 spiro atoms. The Kier molecular flexibility index (Phi) is 4.66. The molecule has 0 atom stereocenters. The standard InChI is InChI=1S/C11H18O2S/c1-8(12)7-11(13)9-3-5-10(14-2)6-4-9/h9-10H,3-7H2,1-2H3. The maximum Gasteiger partial charge on any atom is 0.143 e. The van der Waals surface area contributed by atoms with E-state index in [4.69, 9.17) is 0 Å². The zero-order valence-electron chi connectivity index (χ0n) is 8.91. The molecule has 0 amide bonds. The molecule has 14 heavy (non-hydrogen) atoms. The molecule has 0 aromatic carbocycles. The Bertz CT molecular complexity index is 217. The Balaban J connectivity index is 2.34. The molecule has 1 saturated carbocycles. The summed E-state index contributed by atoms with van der Waals surface area (Å²) < 4.78 is 0. The van der Waals surface area contributed by atoms with Crippen LogP contribution in [0, 0.1) is 5.92 Å². The fraction of sp³-hybridized carbons (Fsp3) is 0.818. The number of hydrogen-bond acceptors (Lipinski definition) is 3. The molecular weight excluding hydrogens is 196 g/mol. The molecule has 0 aliphatic heterocycles. The highest BCUT2D eigenvalue weighted by Crippen LogP contribution is 2.31. The molecule has 0 saturated heterocycles. The highest BCUT2D eigenvalue weighted by molar-refractivity contribution is 7.99. The summed E-state index contributed by atoms with van der Waals surface area (Å²) >= 11 is 1.90. The van der Waals surface area contributed by atoms with Crippen LogP contribution in [0.15, 0.2) is 0 Å². The summed E-state index contributed by atoms with van der Waals surface area (Å²) in [6.45, 7) is 1.49. The van der Waals surface area contributed by atoms with E-state index < -0.39 is 0 Å². The molecule has 0 aromatic heterocycles. The zero-order valence-corrected chi connectivity index (χ0v) is 9.73. The number of rotatable bonds is 4. The van der Waals surface area contributed by atoms with Crippen LogP contribution >= 0.6 is 11.8 Å². The Hall–Kier alpha value is -0.310. The van der Waals surface area contributed by atoms with Gasteiger partial charge in [0.25, 0.3) is 0 Å². The molecule has 2 nitrogen and oxygen atoms in total. The van der Waals surface area contributed by atoms with Gasteiger partial charge in [-0.3, -0.25) is 9.59 Å². The number of ketones is 2. The van der Waals surface area contributed by atoms with Gasteiger partial charge in [-0.15, -0.1) is 0 Å². The van der Waals surface area contributed by atoms with Crippen LogP contribution in [0.25, 0.3) is 0 Å². The minimum Gasteiger partial charge on any atom is -0.300 e. The van der Waals surface area contributed by atoms with Crippen molar-refractivity contribution in [2.45, 2.75) is 44.3 Å². The first-order valence-corrected chi connectivity index (χ1v) is 6.47. The Morgan fingerprint density at radius 1 is 1.21 bits per heavy atom. The monoisotopic (exact) mass is 214 g/mol. The van der Waals surface area contributed by atoms with Crippen molar-refractivity contribution in [1.82, 2.24) is 0 Å². The van der Waals surface area contributed by atoms with Gasteiger partial charge in [0.1, 0.15) is 11.6 Å². The number of hydrogen-bond donors (Lipinski definition) is 0. The highest BCUT2D eigenvalue weighted by Gasteiger charge is 2.25. The summed E-state index contributed by atoms with van der Waals surface area (Å²) in [5.41, 5.74) is 0. The van der Waals surface area contributed by atoms with Crippen molar-refractivity contribution in [3.8, 4) is 0 Å². The lowest BCUT2D eigenvalue weighted by atomic mass is 9.84. The van der Waals surface area contributed by atoms with E-state index in [-0.39, 0.29) is 23.9 Å². The summed E-state index contributed by atoms with van der Waals surface area (Å²) in [6.07, 6.45) is 6.51. The van der Waals surface area contributed by atoms with Crippen molar-refractivity contribution in [3.63, 3.8) is 0 Å². The van der Waals surface area contributed by atoms with Crippen molar-refractivity contribution in [2.24, 2.45) is 5.92 Å². The summed E-state index contributed by atoms with van der Waals surface area (Å²) in [6, 6.07) is 0. The van der Waals surface area contributed by atoms with Crippen LogP contribution in [0.2, 0.25) is 0 Å². The van der Waals surface area contributed by atoms with Crippen molar-refractivity contribution < 1.29 is 9.59 Å². The van der Waals surface area contributed by atoms with Gasteiger partial charge in [0.2, 0.25) is 0 Å². The molecule has 1 aliphatic carbocycles. The molecule has 0 bridgehead atoms. The molecular formula is C11H18O2S. The van der Waals surface area contributed by atoms with Crippen molar-refractivity contribution in [1.29, 1.82) is 0 Å². The van der Waals surface area contributed by atoms with E-state index in [1.165, 1.54) is 6.92 Å². The quantitative estimate of drug-likeness (QED) is 0.674. The number of Topliss-reactive ketones (excluding diaryl/α,β-unsaturated/α-hetero) is 2. The fourth-order valence-electron chi connectivity index (χ4n) is 2.01. The van der Waals surface area contributed by atoms with Gasteiger partial charge < -0.3 is 0 Å². The van der Waals surface area contributed by atoms with E-state index in [2.05, 4.69) is 6.26 Å². The molecule has 1 aliphatic rings. The molecule has 0 radical (unpaired) electrons. The van der Waals surface area contributed by atoms with Crippen molar-refractivity contribution in [3.05, 3.63) is 0 Å². The van der Waals surface area contributed by atoms with E-state index >= 15 is 0 Å². The van der Waals surface area contributed by atoms with Crippen LogP contribution in [0.3, 0.4) is 0 Å². The predicted molar refractivity (Wildman–Crippen MR) is 59.6 cm³/mol. The van der Waals surface area contributed by atoms with Crippen molar-refractivity contribution >= 4 is 23.3 Å². The number of thioether (sulfide) groups is 1. The van der Waals surface area contributed by atoms with Gasteiger partial charge in [0.05, 0.1) is 6.42 Å². The molecule has 0 aromatic rings.